The summed E-state index contributed by atoms with van der Waals surface area (Å²) in [5.74, 6) is 1.34. The van der Waals surface area contributed by atoms with Gasteiger partial charge in [-0.3, -0.25) is 0 Å². The van der Waals surface area contributed by atoms with Crippen LogP contribution in [0.25, 0.3) is 0 Å². The molecule has 1 amide bonds. The summed E-state index contributed by atoms with van der Waals surface area (Å²) in [5.41, 5.74) is 0.285. The number of hydrogen-bond acceptors (Lipinski definition) is 6. The van der Waals surface area contributed by atoms with Crippen molar-refractivity contribution in [2.45, 2.75) is 42.3 Å². The molecule has 0 saturated carbocycles. The molecule has 0 spiro atoms. The van der Waals surface area contributed by atoms with Gasteiger partial charge < -0.3 is 19.3 Å². The third kappa shape index (κ3) is 5.22. The molecule has 0 aliphatic carbocycles. The Hall–Kier alpha value is -0.700. The van der Waals surface area contributed by atoms with E-state index in [0.29, 0.717) is 44.4 Å². The van der Waals surface area contributed by atoms with Crippen molar-refractivity contribution >= 4 is 57.5 Å². The first-order valence-electron chi connectivity index (χ1n) is 8.75. The molecule has 0 radical (unpaired) electrons. The second kappa shape index (κ2) is 7.97. The van der Waals surface area contributed by atoms with Crippen molar-refractivity contribution in [1.29, 1.82) is 0 Å². The minimum atomic E-state index is -1.60. The molecule has 3 aliphatic heterocycles. The maximum Gasteiger partial charge on any atom is 0.410 e. The van der Waals surface area contributed by atoms with Crippen LogP contribution in [-0.2, 0) is 20.4 Å². The standard InChI is InChI=1S/C16H23Cl3N4O3S/c1-15(2,3)26-14(24)23-8-6-22(7-9-23)13-12-11(5-4-10-25-12)20-27(21-13)16(17,18)19/h4-10H2,1-3H3. The summed E-state index contributed by atoms with van der Waals surface area (Å²) in [6.45, 7) is 8.41. The van der Waals surface area contributed by atoms with Crippen LogP contribution in [0.15, 0.2) is 20.3 Å². The number of carbonyl (C=O) groups is 1. The normalized spacial score (nSPS) is 23.9. The van der Waals surface area contributed by atoms with Crippen molar-refractivity contribution in [2.75, 3.05) is 32.8 Å². The largest absolute Gasteiger partial charge is 0.488 e. The zero-order valence-corrected chi connectivity index (χ0v) is 18.6. The molecule has 0 aromatic heterocycles. The molecule has 1 atom stereocenters. The molecule has 152 valence electrons. The Bertz CT molecular complexity index is 705. The Labute approximate surface area is 176 Å². The number of hydrogen-bond donors (Lipinski definition) is 0. The van der Waals surface area contributed by atoms with Gasteiger partial charge >= 0.3 is 6.09 Å². The minimum Gasteiger partial charge on any atom is -0.488 e. The summed E-state index contributed by atoms with van der Waals surface area (Å²) >= 11 is 18.2. The van der Waals surface area contributed by atoms with Crippen molar-refractivity contribution < 1.29 is 14.3 Å². The van der Waals surface area contributed by atoms with E-state index in [1.165, 1.54) is 0 Å². The monoisotopic (exact) mass is 456 g/mol. The maximum absolute atomic E-state index is 12.3. The van der Waals surface area contributed by atoms with Crippen LogP contribution in [0.3, 0.4) is 0 Å². The average Bonchev–Trinajstić information content (AvgIpc) is 2.58. The van der Waals surface area contributed by atoms with E-state index >= 15 is 0 Å². The summed E-state index contributed by atoms with van der Waals surface area (Å²) in [6, 6.07) is 0. The van der Waals surface area contributed by atoms with E-state index in [1.54, 1.807) is 4.90 Å². The fourth-order valence-electron chi connectivity index (χ4n) is 2.87. The van der Waals surface area contributed by atoms with Crippen molar-refractivity contribution in [3.63, 3.8) is 0 Å². The van der Waals surface area contributed by atoms with Gasteiger partial charge in [0.05, 0.1) is 23.2 Å². The number of fused-ring (bicyclic) bond motifs is 1. The molecule has 11 heteroatoms. The lowest BCUT2D eigenvalue weighted by atomic mass is 10.1. The van der Waals surface area contributed by atoms with Gasteiger partial charge in [-0.1, -0.05) is 34.8 Å². The first-order chi connectivity index (χ1) is 12.5. The summed E-state index contributed by atoms with van der Waals surface area (Å²) in [5, 5.41) is 0. The van der Waals surface area contributed by atoms with Gasteiger partial charge in [0.1, 0.15) is 5.60 Å². The van der Waals surface area contributed by atoms with Gasteiger partial charge in [0.15, 0.2) is 11.6 Å². The average molecular weight is 458 g/mol. The summed E-state index contributed by atoms with van der Waals surface area (Å²) in [6.07, 6.45) is 1.34. The Morgan fingerprint density at radius 2 is 1.85 bits per heavy atom. The second-order valence-corrected chi connectivity index (χ2v) is 11.9. The van der Waals surface area contributed by atoms with Gasteiger partial charge in [-0.25, -0.2) is 9.19 Å². The van der Waals surface area contributed by atoms with Crippen LogP contribution in [-0.4, -0.2) is 63.1 Å². The number of rotatable bonds is 1. The Morgan fingerprint density at radius 3 is 2.44 bits per heavy atom. The van der Waals surface area contributed by atoms with E-state index in [1.807, 2.05) is 20.8 Å². The Kier molecular flexibility index (Phi) is 6.20. The van der Waals surface area contributed by atoms with Crippen molar-refractivity contribution in [3.8, 4) is 0 Å². The molecule has 3 heterocycles. The lowest BCUT2D eigenvalue weighted by molar-refractivity contribution is 0.0164. The van der Waals surface area contributed by atoms with Gasteiger partial charge in [-0.05, 0) is 33.6 Å². The molecule has 3 aliphatic rings. The molecule has 0 aromatic carbocycles. The molecule has 0 aromatic rings. The summed E-state index contributed by atoms with van der Waals surface area (Å²) < 4.78 is 18.8. The third-order valence-electron chi connectivity index (χ3n) is 4.08. The van der Waals surface area contributed by atoms with Crippen LogP contribution >= 0.6 is 34.8 Å². The smallest absolute Gasteiger partial charge is 0.410 e. The highest BCUT2D eigenvalue weighted by Crippen LogP contribution is 2.38. The first-order valence-corrected chi connectivity index (χ1v) is 11.0. The van der Waals surface area contributed by atoms with E-state index in [2.05, 4.69) is 13.7 Å². The van der Waals surface area contributed by atoms with E-state index < -0.39 is 19.6 Å². The number of piperazine rings is 1. The van der Waals surface area contributed by atoms with E-state index in [0.717, 1.165) is 18.6 Å². The van der Waals surface area contributed by atoms with Crippen LogP contribution in [0.4, 0.5) is 4.79 Å². The van der Waals surface area contributed by atoms with Gasteiger partial charge in [-0.15, -0.1) is 0 Å². The SMILES string of the molecule is CC(C)(C)OC(=O)N1CCN(C2=C3OCCCC3=NS(C(Cl)(Cl)Cl)=N2)CC1. The number of carbonyl (C=O) groups excluding carboxylic acids is 1. The molecule has 0 bridgehead atoms. The van der Waals surface area contributed by atoms with Crippen molar-refractivity contribution in [2.24, 2.45) is 8.76 Å². The van der Waals surface area contributed by atoms with E-state index in [9.17, 15) is 4.79 Å². The van der Waals surface area contributed by atoms with Crippen LogP contribution in [0.2, 0.25) is 0 Å². The Balaban J connectivity index is 1.76. The first kappa shape index (κ1) is 21.0. The number of amides is 1. The van der Waals surface area contributed by atoms with Gasteiger partial charge in [0.25, 0.3) is 3.12 Å². The summed E-state index contributed by atoms with van der Waals surface area (Å²) in [4.78, 5) is 16.0. The quantitative estimate of drug-likeness (QED) is 0.558. The molecule has 0 N–H and O–H groups in total. The van der Waals surface area contributed by atoms with Crippen LogP contribution in [0.1, 0.15) is 33.6 Å². The number of alkyl halides is 3. The Morgan fingerprint density at radius 1 is 1.19 bits per heavy atom. The van der Waals surface area contributed by atoms with Crippen molar-refractivity contribution in [3.05, 3.63) is 11.6 Å². The second-order valence-electron chi connectivity index (χ2n) is 7.40. The molecular weight excluding hydrogens is 435 g/mol. The lowest BCUT2D eigenvalue weighted by Gasteiger charge is -2.38. The molecule has 3 rings (SSSR count). The van der Waals surface area contributed by atoms with Crippen molar-refractivity contribution in [1.82, 2.24) is 9.80 Å². The molecule has 7 nitrogen and oxygen atoms in total. The van der Waals surface area contributed by atoms with Gasteiger partial charge in [0, 0.05) is 26.2 Å². The molecule has 27 heavy (non-hydrogen) atoms. The zero-order valence-electron chi connectivity index (χ0n) is 15.5. The van der Waals surface area contributed by atoms with Gasteiger partial charge in [-0.2, -0.15) is 4.36 Å². The van der Waals surface area contributed by atoms with Crippen LogP contribution in [0.5, 0.6) is 0 Å². The molecular formula is C16H23Cl3N4O3S. The lowest BCUT2D eigenvalue weighted by Crippen LogP contribution is -2.50. The van der Waals surface area contributed by atoms with Crippen LogP contribution in [0, 0.1) is 0 Å². The highest BCUT2D eigenvalue weighted by molar-refractivity contribution is 7.92. The number of nitrogens with zero attached hydrogens (tertiary/aromatic N) is 4. The number of halogens is 3. The topological polar surface area (TPSA) is 66.7 Å². The molecule has 2 saturated heterocycles. The third-order valence-corrected chi connectivity index (χ3v) is 6.47. The predicted molar refractivity (Wildman–Crippen MR) is 109 cm³/mol. The summed E-state index contributed by atoms with van der Waals surface area (Å²) in [7, 11) is -1.12. The molecule has 2 fully saturated rings. The fourth-order valence-corrected chi connectivity index (χ4v) is 4.49. The van der Waals surface area contributed by atoms with Crippen LogP contribution < -0.4 is 0 Å². The zero-order chi connectivity index (χ0) is 19.8. The maximum atomic E-state index is 12.3. The number of allylic oxidation sites excluding steroid dienone is 1. The minimum absolute atomic E-state index is 0.308. The highest BCUT2D eigenvalue weighted by atomic mass is 35.6. The van der Waals surface area contributed by atoms with E-state index in [-0.39, 0.29) is 6.09 Å². The fraction of sp³-hybridized carbons (Fsp3) is 0.750. The predicted octanol–water partition coefficient (Wildman–Crippen LogP) is 4.02. The number of ether oxygens (including phenoxy) is 2. The molecule has 1 unspecified atom stereocenters. The van der Waals surface area contributed by atoms with Gasteiger partial charge in [0.2, 0.25) is 0 Å². The van der Waals surface area contributed by atoms with E-state index in [4.69, 9.17) is 44.3 Å². The highest BCUT2D eigenvalue weighted by Gasteiger charge is 2.36.